The van der Waals surface area contributed by atoms with Gasteiger partial charge < -0.3 is 5.32 Å². The van der Waals surface area contributed by atoms with Gasteiger partial charge in [0.2, 0.25) is 0 Å². The summed E-state index contributed by atoms with van der Waals surface area (Å²) in [5.41, 5.74) is 2.42. The Kier molecular flexibility index (Phi) is 2.65. The van der Waals surface area contributed by atoms with Crippen molar-refractivity contribution in [1.82, 2.24) is 20.1 Å². The molecule has 0 aliphatic heterocycles. The smallest absolute Gasteiger partial charge is 0.153 e. The molecule has 0 bridgehead atoms. The summed E-state index contributed by atoms with van der Waals surface area (Å²) in [6.45, 7) is 2.99. The van der Waals surface area contributed by atoms with Gasteiger partial charge in [0, 0.05) is 30.0 Å². The Hall–Kier alpha value is -1.68. The van der Waals surface area contributed by atoms with E-state index in [0.717, 1.165) is 24.1 Å². The zero-order valence-corrected chi connectivity index (χ0v) is 9.93. The average Bonchev–Trinajstić information content (AvgIpc) is 3.12. The van der Waals surface area contributed by atoms with Crippen LogP contribution >= 0.6 is 0 Å². The summed E-state index contributed by atoms with van der Waals surface area (Å²) < 4.78 is 1.89. The lowest BCUT2D eigenvalue weighted by Gasteiger charge is -2.04. The third-order valence-electron chi connectivity index (χ3n) is 3.14. The molecule has 0 amide bonds. The Balaban J connectivity index is 1.81. The molecular weight excluding hydrogens is 212 g/mol. The first-order valence-electron chi connectivity index (χ1n) is 6.03. The number of nitrogens with one attached hydrogen (secondary N) is 1. The summed E-state index contributed by atoms with van der Waals surface area (Å²) in [5.74, 6) is 0.877. The van der Waals surface area contributed by atoms with Crippen LogP contribution in [0.4, 0.5) is 0 Å². The highest BCUT2D eigenvalue weighted by molar-refractivity contribution is 5.27. The van der Waals surface area contributed by atoms with E-state index in [2.05, 4.69) is 22.3 Å². The van der Waals surface area contributed by atoms with Gasteiger partial charge in [0.15, 0.2) is 5.82 Å². The highest BCUT2D eigenvalue weighted by atomic mass is 15.3. The first kappa shape index (κ1) is 10.5. The van der Waals surface area contributed by atoms with Crippen molar-refractivity contribution in [3.8, 4) is 5.82 Å². The van der Waals surface area contributed by atoms with Crippen molar-refractivity contribution in [2.45, 2.75) is 32.4 Å². The van der Waals surface area contributed by atoms with Crippen LogP contribution in [0.5, 0.6) is 0 Å². The largest absolute Gasteiger partial charge is 0.310 e. The van der Waals surface area contributed by atoms with Gasteiger partial charge in [-0.1, -0.05) is 6.07 Å². The SMILES string of the molecule is Cc1c(CNC2CC2)cnn1-c1ccccn1. The number of pyridine rings is 1. The average molecular weight is 228 g/mol. The second-order valence-electron chi connectivity index (χ2n) is 4.51. The van der Waals surface area contributed by atoms with Gasteiger partial charge in [0.1, 0.15) is 0 Å². The van der Waals surface area contributed by atoms with E-state index >= 15 is 0 Å². The molecular formula is C13H16N4. The van der Waals surface area contributed by atoms with Crippen LogP contribution in [0.2, 0.25) is 0 Å². The molecule has 0 spiro atoms. The molecule has 4 heteroatoms. The summed E-state index contributed by atoms with van der Waals surface area (Å²) >= 11 is 0. The maximum Gasteiger partial charge on any atom is 0.153 e. The van der Waals surface area contributed by atoms with E-state index in [9.17, 15) is 0 Å². The van der Waals surface area contributed by atoms with Crippen molar-refractivity contribution < 1.29 is 0 Å². The molecule has 1 fully saturated rings. The van der Waals surface area contributed by atoms with Crippen molar-refractivity contribution in [2.24, 2.45) is 0 Å². The minimum Gasteiger partial charge on any atom is -0.310 e. The maximum absolute atomic E-state index is 4.40. The first-order valence-corrected chi connectivity index (χ1v) is 6.03. The fourth-order valence-corrected chi connectivity index (χ4v) is 1.87. The summed E-state index contributed by atoms with van der Waals surface area (Å²) in [6, 6.07) is 6.59. The lowest BCUT2D eigenvalue weighted by molar-refractivity contribution is 0.683. The van der Waals surface area contributed by atoms with Crippen LogP contribution in [0.3, 0.4) is 0 Å². The van der Waals surface area contributed by atoms with E-state index in [0.29, 0.717) is 0 Å². The van der Waals surface area contributed by atoms with Gasteiger partial charge in [-0.15, -0.1) is 0 Å². The number of rotatable bonds is 4. The van der Waals surface area contributed by atoms with Crippen LogP contribution in [-0.4, -0.2) is 20.8 Å². The minimum absolute atomic E-state index is 0.729. The lowest BCUT2D eigenvalue weighted by atomic mass is 10.2. The molecule has 3 rings (SSSR count). The molecule has 0 radical (unpaired) electrons. The van der Waals surface area contributed by atoms with E-state index in [-0.39, 0.29) is 0 Å². The van der Waals surface area contributed by atoms with Crippen LogP contribution in [0.25, 0.3) is 5.82 Å². The molecule has 1 saturated carbocycles. The van der Waals surface area contributed by atoms with E-state index in [4.69, 9.17) is 0 Å². The Morgan fingerprint density at radius 1 is 1.41 bits per heavy atom. The van der Waals surface area contributed by atoms with Crippen molar-refractivity contribution in [3.05, 3.63) is 41.9 Å². The molecule has 2 heterocycles. The Labute approximate surface area is 101 Å². The van der Waals surface area contributed by atoms with E-state index < -0.39 is 0 Å². The topological polar surface area (TPSA) is 42.7 Å². The molecule has 2 aromatic heterocycles. The maximum atomic E-state index is 4.40. The van der Waals surface area contributed by atoms with Crippen molar-refractivity contribution in [1.29, 1.82) is 0 Å². The number of aromatic nitrogens is 3. The summed E-state index contributed by atoms with van der Waals surface area (Å²) in [5, 5.41) is 7.90. The quantitative estimate of drug-likeness (QED) is 0.868. The van der Waals surface area contributed by atoms with Crippen LogP contribution in [0, 0.1) is 6.92 Å². The molecule has 0 aromatic carbocycles. The molecule has 0 saturated heterocycles. The standard InChI is InChI=1S/C13H16N4/c1-10-11(8-15-12-5-6-12)9-16-17(10)13-4-2-3-7-14-13/h2-4,7,9,12,15H,5-6,8H2,1H3. The van der Waals surface area contributed by atoms with Gasteiger partial charge in [0.25, 0.3) is 0 Å². The number of hydrogen-bond acceptors (Lipinski definition) is 3. The van der Waals surface area contributed by atoms with Gasteiger partial charge in [0.05, 0.1) is 6.20 Å². The third-order valence-corrected chi connectivity index (χ3v) is 3.14. The first-order chi connectivity index (χ1) is 8.34. The van der Waals surface area contributed by atoms with Crippen LogP contribution in [0.1, 0.15) is 24.1 Å². The second kappa shape index (κ2) is 4.30. The molecule has 0 atom stereocenters. The van der Waals surface area contributed by atoms with Crippen molar-refractivity contribution in [3.63, 3.8) is 0 Å². The Morgan fingerprint density at radius 2 is 2.29 bits per heavy atom. The monoisotopic (exact) mass is 228 g/mol. The van der Waals surface area contributed by atoms with E-state index in [1.165, 1.54) is 18.4 Å². The third kappa shape index (κ3) is 2.22. The van der Waals surface area contributed by atoms with Crippen molar-refractivity contribution >= 4 is 0 Å². The van der Waals surface area contributed by atoms with Gasteiger partial charge in [-0.25, -0.2) is 9.67 Å². The van der Waals surface area contributed by atoms with Gasteiger partial charge in [-0.05, 0) is 31.9 Å². The normalized spacial score (nSPS) is 15.1. The molecule has 0 unspecified atom stereocenters. The summed E-state index contributed by atoms with van der Waals surface area (Å²) in [4.78, 5) is 4.31. The van der Waals surface area contributed by atoms with Gasteiger partial charge in [-0.3, -0.25) is 0 Å². The molecule has 1 aliphatic rings. The predicted molar refractivity (Wildman–Crippen MR) is 66.0 cm³/mol. The fraction of sp³-hybridized carbons (Fsp3) is 0.385. The zero-order valence-electron chi connectivity index (χ0n) is 9.93. The van der Waals surface area contributed by atoms with E-state index in [1.807, 2.05) is 29.1 Å². The molecule has 4 nitrogen and oxygen atoms in total. The molecule has 1 aliphatic carbocycles. The van der Waals surface area contributed by atoms with Crippen molar-refractivity contribution in [2.75, 3.05) is 0 Å². The Bertz CT molecular complexity index is 499. The fourth-order valence-electron chi connectivity index (χ4n) is 1.87. The van der Waals surface area contributed by atoms with Crippen LogP contribution in [0.15, 0.2) is 30.6 Å². The van der Waals surface area contributed by atoms with E-state index in [1.54, 1.807) is 6.20 Å². The van der Waals surface area contributed by atoms with Crippen LogP contribution < -0.4 is 5.32 Å². The summed E-state index contributed by atoms with van der Waals surface area (Å²) in [7, 11) is 0. The predicted octanol–water partition coefficient (Wildman–Crippen LogP) is 1.83. The Morgan fingerprint density at radius 3 is 3.00 bits per heavy atom. The molecule has 1 N–H and O–H groups in total. The highest BCUT2D eigenvalue weighted by Crippen LogP contribution is 2.20. The number of hydrogen-bond donors (Lipinski definition) is 1. The van der Waals surface area contributed by atoms with Crippen LogP contribution in [-0.2, 0) is 6.54 Å². The van der Waals surface area contributed by atoms with Gasteiger partial charge in [-0.2, -0.15) is 5.10 Å². The minimum atomic E-state index is 0.729. The van der Waals surface area contributed by atoms with Gasteiger partial charge >= 0.3 is 0 Å². The zero-order chi connectivity index (χ0) is 11.7. The molecule has 88 valence electrons. The molecule has 2 aromatic rings. The second-order valence-corrected chi connectivity index (χ2v) is 4.51. The highest BCUT2D eigenvalue weighted by Gasteiger charge is 2.20. The number of nitrogens with zero attached hydrogens (tertiary/aromatic N) is 3. The lowest BCUT2D eigenvalue weighted by Crippen LogP contribution is -2.15. The summed E-state index contributed by atoms with van der Waals surface area (Å²) in [6.07, 6.45) is 6.35. The molecule has 17 heavy (non-hydrogen) atoms.